The summed E-state index contributed by atoms with van der Waals surface area (Å²) in [6, 6.07) is -0.784. The second kappa shape index (κ2) is 7.57. The fourth-order valence-corrected chi connectivity index (χ4v) is 2.96. The van der Waals surface area contributed by atoms with Crippen molar-refractivity contribution in [3.8, 4) is 0 Å². The van der Waals surface area contributed by atoms with Crippen LogP contribution in [0.25, 0.3) is 0 Å². The predicted molar refractivity (Wildman–Crippen MR) is 81.7 cm³/mol. The molecule has 2 atom stereocenters. The van der Waals surface area contributed by atoms with Crippen molar-refractivity contribution in [3.63, 3.8) is 0 Å². The average Bonchev–Trinajstić information content (AvgIpc) is 2.91. The Kier molecular flexibility index (Phi) is 6.37. The van der Waals surface area contributed by atoms with Gasteiger partial charge in [0.05, 0.1) is 6.04 Å². The first-order chi connectivity index (χ1) is 9.79. The summed E-state index contributed by atoms with van der Waals surface area (Å²) in [6.07, 6.45) is 2.62. The van der Waals surface area contributed by atoms with Crippen LogP contribution in [0.15, 0.2) is 0 Å². The highest BCUT2D eigenvalue weighted by Gasteiger charge is 2.37. The van der Waals surface area contributed by atoms with Crippen LogP contribution >= 0.6 is 0 Å². The molecule has 0 spiro atoms. The van der Waals surface area contributed by atoms with Gasteiger partial charge < -0.3 is 9.80 Å². The van der Waals surface area contributed by atoms with Gasteiger partial charge >= 0.3 is 0 Å². The molecule has 0 aliphatic carbocycles. The Morgan fingerprint density at radius 1 is 1.29 bits per heavy atom. The fourth-order valence-electron chi connectivity index (χ4n) is 2.96. The average molecular weight is 296 g/mol. The van der Waals surface area contributed by atoms with E-state index in [4.69, 9.17) is 0 Å². The molecular weight excluding hydrogens is 268 g/mol. The normalized spacial score (nSPS) is 19.7. The number of ketones is 1. The minimum absolute atomic E-state index is 0.00548. The summed E-state index contributed by atoms with van der Waals surface area (Å²) in [7, 11) is 1.68. The van der Waals surface area contributed by atoms with Gasteiger partial charge in [-0.3, -0.25) is 14.4 Å². The van der Waals surface area contributed by atoms with Crippen LogP contribution in [-0.2, 0) is 14.4 Å². The highest BCUT2D eigenvalue weighted by molar-refractivity contribution is 5.92. The van der Waals surface area contributed by atoms with Crippen LogP contribution in [0.2, 0.25) is 0 Å². The molecule has 0 aromatic carbocycles. The fraction of sp³-hybridized carbons (Fsp3) is 0.812. The van der Waals surface area contributed by atoms with E-state index in [1.807, 2.05) is 20.8 Å². The molecule has 1 fully saturated rings. The second-order valence-electron chi connectivity index (χ2n) is 6.30. The molecular formula is C16H28N2O3. The van der Waals surface area contributed by atoms with Crippen molar-refractivity contribution in [2.24, 2.45) is 5.92 Å². The molecule has 2 unspecified atom stereocenters. The van der Waals surface area contributed by atoms with Gasteiger partial charge in [0.2, 0.25) is 11.8 Å². The van der Waals surface area contributed by atoms with Crippen molar-refractivity contribution < 1.29 is 14.4 Å². The number of amides is 2. The molecule has 0 bridgehead atoms. The molecule has 1 saturated heterocycles. The van der Waals surface area contributed by atoms with E-state index in [1.54, 1.807) is 16.8 Å². The number of carbonyl (C=O) groups is 3. The van der Waals surface area contributed by atoms with Crippen molar-refractivity contribution in [1.29, 1.82) is 0 Å². The Labute approximate surface area is 127 Å². The van der Waals surface area contributed by atoms with Crippen molar-refractivity contribution in [2.75, 3.05) is 13.6 Å². The van der Waals surface area contributed by atoms with E-state index in [2.05, 4.69) is 0 Å². The monoisotopic (exact) mass is 296 g/mol. The summed E-state index contributed by atoms with van der Waals surface area (Å²) in [5.74, 6) is 0.259. The van der Waals surface area contributed by atoms with E-state index in [9.17, 15) is 14.4 Å². The first-order valence-electron chi connectivity index (χ1n) is 7.86. The number of hydrogen-bond donors (Lipinski definition) is 0. The third-order valence-electron chi connectivity index (χ3n) is 4.14. The maximum Gasteiger partial charge on any atom is 0.245 e. The van der Waals surface area contributed by atoms with Crippen molar-refractivity contribution >= 4 is 17.6 Å². The minimum Gasteiger partial charge on any atom is -0.334 e. The SMILES string of the molecule is CCC(=O)N1CCCC1C(=O)N(C)C(CC(C)C)C(C)=O. The van der Waals surface area contributed by atoms with Crippen molar-refractivity contribution in [3.05, 3.63) is 0 Å². The van der Waals surface area contributed by atoms with Gasteiger partial charge in [0, 0.05) is 20.0 Å². The van der Waals surface area contributed by atoms with Gasteiger partial charge in [-0.2, -0.15) is 0 Å². The first-order valence-corrected chi connectivity index (χ1v) is 7.86. The molecule has 5 nitrogen and oxygen atoms in total. The quantitative estimate of drug-likeness (QED) is 0.751. The van der Waals surface area contributed by atoms with Crippen LogP contribution in [0.1, 0.15) is 53.4 Å². The van der Waals surface area contributed by atoms with E-state index in [-0.39, 0.29) is 17.6 Å². The molecule has 1 heterocycles. The second-order valence-corrected chi connectivity index (χ2v) is 6.30. The van der Waals surface area contributed by atoms with Crippen LogP contribution < -0.4 is 0 Å². The Morgan fingerprint density at radius 3 is 2.38 bits per heavy atom. The van der Waals surface area contributed by atoms with Gasteiger partial charge in [-0.05, 0) is 32.1 Å². The zero-order valence-electron chi connectivity index (χ0n) is 13.9. The lowest BCUT2D eigenvalue weighted by Gasteiger charge is -2.32. The Bertz CT molecular complexity index is 406. The van der Waals surface area contributed by atoms with E-state index < -0.39 is 12.1 Å². The maximum atomic E-state index is 12.7. The largest absolute Gasteiger partial charge is 0.334 e. The lowest BCUT2D eigenvalue weighted by Crippen LogP contribution is -2.51. The highest BCUT2D eigenvalue weighted by Crippen LogP contribution is 2.22. The molecule has 0 radical (unpaired) electrons. The van der Waals surface area contributed by atoms with Crippen LogP contribution in [-0.4, -0.2) is 53.1 Å². The summed E-state index contributed by atoms with van der Waals surface area (Å²) in [4.78, 5) is 39.7. The topological polar surface area (TPSA) is 57.7 Å². The molecule has 5 heteroatoms. The summed E-state index contributed by atoms with van der Waals surface area (Å²) >= 11 is 0. The van der Waals surface area contributed by atoms with Crippen LogP contribution in [0.5, 0.6) is 0 Å². The van der Waals surface area contributed by atoms with Gasteiger partial charge in [0.25, 0.3) is 0 Å². The lowest BCUT2D eigenvalue weighted by atomic mass is 9.99. The number of rotatable bonds is 6. The maximum absolute atomic E-state index is 12.7. The molecule has 1 aliphatic rings. The van der Waals surface area contributed by atoms with Crippen molar-refractivity contribution in [2.45, 2.75) is 65.5 Å². The number of Topliss-reactive ketones (excluding diaryl/α,β-unsaturated/α-hetero) is 1. The predicted octanol–water partition coefficient (Wildman–Crippen LogP) is 1.85. The van der Waals surface area contributed by atoms with Gasteiger partial charge in [-0.25, -0.2) is 0 Å². The standard InChI is InChI=1S/C16H28N2O3/c1-6-15(20)18-9-7-8-13(18)16(21)17(5)14(12(4)19)10-11(2)3/h11,13-14H,6-10H2,1-5H3. The molecule has 1 rings (SSSR count). The number of likely N-dealkylation sites (tertiary alicyclic amines) is 1. The van der Waals surface area contributed by atoms with Crippen LogP contribution in [0.3, 0.4) is 0 Å². The molecule has 0 N–H and O–H groups in total. The zero-order valence-corrected chi connectivity index (χ0v) is 13.9. The third kappa shape index (κ3) is 4.29. The molecule has 0 aromatic rings. The summed E-state index contributed by atoms with van der Waals surface area (Å²) in [5, 5.41) is 0. The smallest absolute Gasteiger partial charge is 0.245 e. The van der Waals surface area contributed by atoms with Gasteiger partial charge in [-0.1, -0.05) is 20.8 Å². The van der Waals surface area contributed by atoms with Crippen LogP contribution in [0.4, 0.5) is 0 Å². The molecule has 2 amide bonds. The minimum atomic E-state index is -0.392. The van der Waals surface area contributed by atoms with E-state index in [0.29, 0.717) is 31.7 Å². The van der Waals surface area contributed by atoms with E-state index in [1.165, 1.54) is 6.92 Å². The van der Waals surface area contributed by atoms with Gasteiger partial charge in [0.15, 0.2) is 5.78 Å². The summed E-state index contributed by atoms with van der Waals surface area (Å²) < 4.78 is 0. The van der Waals surface area contributed by atoms with Crippen molar-refractivity contribution in [1.82, 2.24) is 9.80 Å². The first kappa shape index (κ1) is 17.7. The Morgan fingerprint density at radius 2 is 1.90 bits per heavy atom. The number of hydrogen-bond acceptors (Lipinski definition) is 3. The van der Waals surface area contributed by atoms with Gasteiger partial charge in [0.1, 0.15) is 6.04 Å². The highest BCUT2D eigenvalue weighted by atomic mass is 16.2. The number of carbonyl (C=O) groups excluding carboxylic acids is 3. The van der Waals surface area contributed by atoms with Crippen LogP contribution in [0, 0.1) is 5.92 Å². The molecule has 120 valence electrons. The van der Waals surface area contributed by atoms with Gasteiger partial charge in [-0.15, -0.1) is 0 Å². The molecule has 21 heavy (non-hydrogen) atoms. The number of likely N-dealkylation sites (N-methyl/N-ethyl adjacent to an activating group) is 1. The molecule has 1 aliphatic heterocycles. The molecule has 0 aromatic heterocycles. The van der Waals surface area contributed by atoms with E-state index >= 15 is 0 Å². The summed E-state index contributed by atoms with van der Waals surface area (Å²) in [5.41, 5.74) is 0. The zero-order chi connectivity index (χ0) is 16.2. The number of nitrogens with zero attached hydrogens (tertiary/aromatic N) is 2. The lowest BCUT2D eigenvalue weighted by molar-refractivity contribution is -0.146. The van der Waals surface area contributed by atoms with E-state index in [0.717, 1.165) is 6.42 Å². The third-order valence-corrected chi connectivity index (χ3v) is 4.14. The Hall–Kier alpha value is -1.39. The molecule has 0 saturated carbocycles. The Balaban J connectivity index is 2.84. The summed E-state index contributed by atoms with van der Waals surface area (Å²) in [6.45, 7) is 8.06.